The number of carbonyl (C=O) groups is 2. The molecule has 38 heavy (non-hydrogen) atoms. The topological polar surface area (TPSA) is 103 Å². The van der Waals surface area contributed by atoms with Crippen LogP contribution in [0.1, 0.15) is 40.9 Å². The fourth-order valence-electron chi connectivity index (χ4n) is 3.95. The Labute approximate surface area is 234 Å². The first kappa shape index (κ1) is 27.7. The summed E-state index contributed by atoms with van der Waals surface area (Å²) in [6, 6.07) is 13.1. The van der Waals surface area contributed by atoms with E-state index in [1.165, 1.54) is 0 Å². The fourth-order valence-corrected chi connectivity index (χ4v) is 4.50. The Balaban J connectivity index is 1.37. The molecule has 4 rings (SSSR count). The average Bonchev–Trinajstić information content (AvgIpc) is 2.88. The molecule has 3 aromatic carbocycles. The zero-order valence-corrected chi connectivity index (χ0v) is 22.5. The minimum atomic E-state index is -1.37. The molecule has 1 aliphatic rings. The van der Waals surface area contributed by atoms with Gasteiger partial charge < -0.3 is 29.4 Å². The number of carbonyl (C=O) groups excluding carboxylic acids is 1. The molecule has 0 bridgehead atoms. The Morgan fingerprint density at radius 2 is 1.76 bits per heavy atom. The van der Waals surface area contributed by atoms with E-state index in [-0.39, 0.29) is 10.9 Å². The van der Waals surface area contributed by atoms with Crippen LogP contribution < -0.4 is 19.5 Å². The molecule has 0 aliphatic carbocycles. The summed E-state index contributed by atoms with van der Waals surface area (Å²) >= 11 is 18.6. The third-order valence-electron chi connectivity index (χ3n) is 5.72. The monoisotopic (exact) mass is 579 g/mol. The Hall–Kier alpha value is -3.33. The molecule has 0 fully saturated rings. The van der Waals surface area contributed by atoms with Gasteiger partial charge in [0.05, 0.1) is 28.3 Å². The molecule has 0 spiro atoms. The van der Waals surface area contributed by atoms with Gasteiger partial charge in [-0.15, -0.1) is 0 Å². The lowest BCUT2D eigenvalue weighted by molar-refractivity contribution is 0.0326. The highest BCUT2D eigenvalue weighted by Gasteiger charge is 2.27. The summed E-state index contributed by atoms with van der Waals surface area (Å²) in [7, 11) is 0. The summed E-state index contributed by atoms with van der Waals surface area (Å²) in [6.45, 7) is 3.02. The third-order valence-corrected chi connectivity index (χ3v) is 6.74. The number of nitrogens with one attached hydrogen (secondary N) is 1. The Bertz CT molecular complexity index is 1330. The van der Waals surface area contributed by atoms with Crippen molar-refractivity contribution in [1.82, 2.24) is 5.32 Å². The molecule has 11 heteroatoms. The second kappa shape index (κ2) is 12.5. The summed E-state index contributed by atoms with van der Waals surface area (Å²) < 4.78 is 22.1. The van der Waals surface area contributed by atoms with E-state index >= 15 is 0 Å². The summed E-state index contributed by atoms with van der Waals surface area (Å²) in [5.41, 5.74) is 1.83. The first-order chi connectivity index (χ1) is 18.2. The van der Waals surface area contributed by atoms with E-state index < -0.39 is 12.3 Å². The first-order valence-electron chi connectivity index (χ1n) is 11.8. The standard InChI is InChI=1S/C27H24Cl3NO7/c1-2-35-23-13-20(29)19(28)11-16(23)7-9-31-26(32)15-3-5-17(6-4-15)37-25-14-24-18(12-21(25)30)22(8-10-36-24)38-27(33)34/h3-6,11-14,22H,2,7-10H2,1H3,(H,31,32)(H,33,34). The maximum atomic E-state index is 12.6. The smallest absolute Gasteiger partial charge is 0.494 e. The van der Waals surface area contributed by atoms with Crippen molar-refractivity contribution in [2.45, 2.75) is 25.9 Å². The van der Waals surface area contributed by atoms with Gasteiger partial charge in [-0.05, 0) is 55.3 Å². The molecular weight excluding hydrogens is 557 g/mol. The Morgan fingerprint density at radius 3 is 2.47 bits per heavy atom. The van der Waals surface area contributed by atoms with Crippen molar-refractivity contribution in [2.24, 2.45) is 0 Å². The summed E-state index contributed by atoms with van der Waals surface area (Å²) in [4.78, 5) is 23.6. The lowest BCUT2D eigenvalue weighted by atomic mass is 10.0. The second-order valence-electron chi connectivity index (χ2n) is 8.27. The molecule has 1 unspecified atom stereocenters. The van der Waals surface area contributed by atoms with Crippen LogP contribution in [0.2, 0.25) is 15.1 Å². The van der Waals surface area contributed by atoms with Gasteiger partial charge in [0.15, 0.2) is 0 Å². The molecule has 0 saturated heterocycles. The van der Waals surface area contributed by atoms with Gasteiger partial charge in [0.2, 0.25) is 0 Å². The summed E-state index contributed by atoms with van der Waals surface area (Å²) in [5.74, 6) is 1.60. The van der Waals surface area contributed by atoms with Gasteiger partial charge in [-0.25, -0.2) is 4.79 Å². The lowest BCUT2D eigenvalue weighted by Gasteiger charge is -2.25. The van der Waals surface area contributed by atoms with E-state index in [1.807, 2.05) is 6.92 Å². The molecule has 2 N–H and O–H groups in total. The number of hydrogen-bond donors (Lipinski definition) is 2. The molecular formula is C27H24Cl3NO7. The maximum absolute atomic E-state index is 12.6. The highest BCUT2D eigenvalue weighted by atomic mass is 35.5. The van der Waals surface area contributed by atoms with Crippen LogP contribution in [0.15, 0.2) is 48.5 Å². The highest BCUT2D eigenvalue weighted by molar-refractivity contribution is 6.42. The number of ether oxygens (including phenoxy) is 4. The summed E-state index contributed by atoms with van der Waals surface area (Å²) in [5, 5.41) is 12.9. The maximum Gasteiger partial charge on any atom is 0.506 e. The number of fused-ring (bicyclic) bond motifs is 1. The molecule has 3 aromatic rings. The van der Waals surface area contributed by atoms with Crippen LogP contribution in [0.4, 0.5) is 4.79 Å². The van der Waals surface area contributed by atoms with E-state index in [0.29, 0.717) is 76.8 Å². The van der Waals surface area contributed by atoms with Gasteiger partial charge in [0.25, 0.3) is 5.91 Å². The zero-order valence-electron chi connectivity index (χ0n) is 20.3. The first-order valence-corrected chi connectivity index (χ1v) is 12.9. The zero-order chi connectivity index (χ0) is 27.2. The number of hydrogen-bond acceptors (Lipinski definition) is 6. The molecule has 1 aliphatic heterocycles. The van der Waals surface area contributed by atoms with Crippen LogP contribution in [-0.2, 0) is 11.2 Å². The molecule has 1 atom stereocenters. The number of carboxylic acid groups (broad SMARTS) is 1. The van der Waals surface area contributed by atoms with Crippen molar-refractivity contribution in [1.29, 1.82) is 0 Å². The molecule has 0 aromatic heterocycles. The highest BCUT2D eigenvalue weighted by Crippen LogP contribution is 2.42. The van der Waals surface area contributed by atoms with Crippen LogP contribution in [0.3, 0.4) is 0 Å². The van der Waals surface area contributed by atoms with E-state index in [4.69, 9.17) is 58.9 Å². The minimum Gasteiger partial charge on any atom is -0.494 e. The van der Waals surface area contributed by atoms with Gasteiger partial charge in [-0.1, -0.05) is 34.8 Å². The number of rotatable bonds is 9. The molecule has 8 nitrogen and oxygen atoms in total. The van der Waals surface area contributed by atoms with Crippen LogP contribution in [0.5, 0.6) is 23.0 Å². The lowest BCUT2D eigenvalue weighted by Crippen LogP contribution is -2.25. The average molecular weight is 581 g/mol. The van der Waals surface area contributed by atoms with Crippen LogP contribution in [0.25, 0.3) is 0 Å². The SMILES string of the molecule is CCOc1cc(Cl)c(Cl)cc1CCNC(=O)c1ccc(Oc2cc3c(cc2Cl)C(OC(=O)O)CCO3)cc1. The molecule has 1 heterocycles. The van der Waals surface area contributed by atoms with E-state index in [0.717, 1.165) is 5.56 Å². The Morgan fingerprint density at radius 1 is 1.03 bits per heavy atom. The van der Waals surface area contributed by atoms with Crippen LogP contribution in [0, 0.1) is 0 Å². The largest absolute Gasteiger partial charge is 0.506 e. The predicted octanol–water partition coefficient (Wildman–Crippen LogP) is 7.33. The van der Waals surface area contributed by atoms with E-state index in [2.05, 4.69) is 5.32 Å². The van der Waals surface area contributed by atoms with Crippen molar-refractivity contribution < 1.29 is 33.6 Å². The normalized spacial score (nSPS) is 14.2. The number of benzene rings is 3. The number of halogens is 3. The summed E-state index contributed by atoms with van der Waals surface area (Å²) in [6.07, 6.45) is -1.13. The van der Waals surface area contributed by atoms with E-state index in [9.17, 15) is 9.59 Å². The van der Waals surface area contributed by atoms with Gasteiger partial charge in [-0.2, -0.15) is 0 Å². The van der Waals surface area contributed by atoms with Gasteiger partial charge in [0, 0.05) is 36.2 Å². The Kier molecular flexibility index (Phi) is 9.09. The van der Waals surface area contributed by atoms with Crippen molar-refractivity contribution in [3.63, 3.8) is 0 Å². The van der Waals surface area contributed by atoms with Crippen LogP contribution in [-0.4, -0.2) is 36.9 Å². The van der Waals surface area contributed by atoms with Crippen molar-refractivity contribution in [2.75, 3.05) is 19.8 Å². The molecule has 0 saturated carbocycles. The van der Waals surface area contributed by atoms with Gasteiger partial charge >= 0.3 is 6.16 Å². The van der Waals surface area contributed by atoms with E-state index in [1.54, 1.807) is 48.5 Å². The minimum absolute atomic E-state index is 0.251. The third kappa shape index (κ3) is 6.75. The van der Waals surface area contributed by atoms with Crippen molar-refractivity contribution in [3.8, 4) is 23.0 Å². The fraction of sp³-hybridized carbons (Fsp3) is 0.259. The number of amides is 1. The van der Waals surface area contributed by atoms with Crippen molar-refractivity contribution in [3.05, 3.63) is 80.3 Å². The predicted molar refractivity (Wildman–Crippen MR) is 144 cm³/mol. The van der Waals surface area contributed by atoms with Gasteiger partial charge in [0.1, 0.15) is 29.1 Å². The molecule has 1 amide bonds. The second-order valence-corrected chi connectivity index (χ2v) is 9.49. The molecule has 0 radical (unpaired) electrons. The van der Waals surface area contributed by atoms with Crippen molar-refractivity contribution >= 4 is 46.9 Å². The molecule has 200 valence electrons. The van der Waals surface area contributed by atoms with Crippen LogP contribution >= 0.6 is 34.8 Å². The van der Waals surface area contributed by atoms with Gasteiger partial charge in [-0.3, -0.25) is 4.79 Å². The quantitative estimate of drug-likeness (QED) is 0.255.